The van der Waals surface area contributed by atoms with E-state index >= 15 is 0 Å². The molecule has 1 saturated heterocycles. The van der Waals surface area contributed by atoms with Gasteiger partial charge in [-0.25, -0.2) is 0 Å². The van der Waals surface area contributed by atoms with Gasteiger partial charge in [0, 0.05) is 12.6 Å². The van der Waals surface area contributed by atoms with Gasteiger partial charge in [-0.3, -0.25) is 10.1 Å². The molecule has 5 nitrogen and oxygen atoms in total. The first-order valence-electron chi connectivity index (χ1n) is 5.79. The zero-order valence-electron chi connectivity index (χ0n) is 9.81. The van der Waals surface area contributed by atoms with E-state index in [1.165, 1.54) is 0 Å². The molecule has 1 aliphatic rings. The molecule has 5 heteroatoms. The predicted molar refractivity (Wildman–Crippen MR) is 64.4 cm³/mol. The third kappa shape index (κ3) is 2.94. The molecule has 1 heterocycles. The standard InChI is InChI=1S/C12H16N2O3/c1-9-4-5-12(11(7-9)14(15)16)17-10-3-2-6-13-8-10/h4-5,7,10,13H,2-3,6,8H2,1H3/t10-/m0/s1. The highest BCUT2D eigenvalue weighted by molar-refractivity contribution is 5.48. The van der Waals surface area contributed by atoms with Gasteiger partial charge in [0.25, 0.3) is 0 Å². The van der Waals surface area contributed by atoms with Crippen LogP contribution in [-0.2, 0) is 0 Å². The van der Waals surface area contributed by atoms with Crippen molar-refractivity contribution in [1.29, 1.82) is 0 Å². The van der Waals surface area contributed by atoms with Gasteiger partial charge in [-0.2, -0.15) is 0 Å². The van der Waals surface area contributed by atoms with E-state index in [9.17, 15) is 10.1 Å². The van der Waals surface area contributed by atoms with Gasteiger partial charge >= 0.3 is 5.69 Å². The Balaban J connectivity index is 2.16. The average molecular weight is 236 g/mol. The molecule has 0 radical (unpaired) electrons. The number of hydrogen-bond acceptors (Lipinski definition) is 4. The summed E-state index contributed by atoms with van der Waals surface area (Å²) in [6, 6.07) is 5.06. The quantitative estimate of drug-likeness (QED) is 0.644. The fourth-order valence-corrected chi connectivity index (χ4v) is 1.97. The van der Waals surface area contributed by atoms with Gasteiger partial charge in [0.15, 0.2) is 5.75 Å². The van der Waals surface area contributed by atoms with E-state index in [1.54, 1.807) is 12.1 Å². The monoisotopic (exact) mass is 236 g/mol. The van der Waals surface area contributed by atoms with Crippen LogP contribution in [0.2, 0.25) is 0 Å². The first kappa shape index (κ1) is 11.9. The summed E-state index contributed by atoms with van der Waals surface area (Å²) in [6.07, 6.45) is 2.02. The van der Waals surface area contributed by atoms with E-state index in [1.807, 2.05) is 13.0 Å². The van der Waals surface area contributed by atoms with E-state index in [-0.39, 0.29) is 11.8 Å². The number of hydrogen-bond donors (Lipinski definition) is 1. The Morgan fingerprint density at radius 1 is 1.53 bits per heavy atom. The van der Waals surface area contributed by atoms with Crippen LogP contribution in [0.1, 0.15) is 18.4 Å². The highest BCUT2D eigenvalue weighted by Crippen LogP contribution is 2.29. The molecule has 0 saturated carbocycles. The highest BCUT2D eigenvalue weighted by atomic mass is 16.6. The molecule has 0 unspecified atom stereocenters. The second kappa shape index (κ2) is 5.14. The first-order valence-corrected chi connectivity index (χ1v) is 5.79. The Labute approximate surface area is 99.9 Å². The van der Waals surface area contributed by atoms with Crippen LogP contribution in [0.15, 0.2) is 18.2 Å². The molecule has 1 aliphatic heterocycles. The molecule has 1 atom stereocenters. The molecule has 0 aliphatic carbocycles. The zero-order valence-corrected chi connectivity index (χ0v) is 9.81. The third-order valence-electron chi connectivity index (χ3n) is 2.86. The van der Waals surface area contributed by atoms with Gasteiger partial charge < -0.3 is 10.1 Å². The summed E-state index contributed by atoms with van der Waals surface area (Å²) in [6.45, 7) is 3.58. The van der Waals surface area contributed by atoms with Crippen molar-refractivity contribution >= 4 is 5.69 Å². The van der Waals surface area contributed by atoms with Gasteiger partial charge in [0.05, 0.1) is 4.92 Å². The number of nitrogens with one attached hydrogen (secondary N) is 1. The van der Waals surface area contributed by atoms with E-state index in [0.29, 0.717) is 5.75 Å². The van der Waals surface area contributed by atoms with Gasteiger partial charge in [-0.1, -0.05) is 6.07 Å². The Bertz CT molecular complexity index is 414. The molecule has 0 spiro atoms. The molecular weight excluding hydrogens is 220 g/mol. The molecule has 0 aromatic heterocycles. The van der Waals surface area contributed by atoms with Gasteiger partial charge in [-0.05, 0) is 37.9 Å². The molecule has 1 N–H and O–H groups in total. The average Bonchev–Trinajstić information content (AvgIpc) is 2.32. The lowest BCUT2D eigenvalue weighted by molar-refractivity contribution is -0.386. The summed E-state index contributed by atoms with van der Waals surface area (Å²) in [5.41, 5.74) is 0.918. The summed E-state index contributed by atoms with van der Waals surface area (Å²) < 4.78 is 5.70. The highest BCUT2D eigenvalue weighted by Gasteiger charge is 2.20. The number of ether oxygens (including phenoxy) is 1. The van der Waals surface area contributed by atoms with Crippen molar-refractivity contribution in [2.75, 3.05) is 13.1 Å². The van der Waals surface area contributed by atoms with Crippen molar-refractivity contribution in [3.05, 3.63) is 33.9 Å². The van der Waals surface area contributed by atoms with Gasteiger partial charge in [0.2, 0.25) is 0 Å². The minimum Gasteiger partial charge on any atom is -0.482 e. The summed E-state index contributed by atoms with van der Waals surface area (Å²) in [4.78, 5) is 10.5. The Morgan fingerprint density at radius 2 is 2.35 bits per heavy atom. The number of piperidine rings is 1. The number of benzene rings is 1. The Hall–Kier alpha value is -1.62. The van der Waals surface area contributed by atoms with Crippen molar-refractivity contribution in [3.8, 4) is 5.75 Å². The van der Waals surface area contributed by atoms with Crippen molar-refractivity contribution in [1.82, 2.24) is 5.32 Å². The van der Waals surface area contributed by atoms with Crippen LogP contribution in [-0.4, -0.2) is 24.1 Å². The van der Waals surface area contributed by atoms with Crippen molar-refractivity contribution in [2.24, 2.45) is 0 Å². The van der Waals surface area contributed by atoms with E-state index in [2.05, 4.69) is 5.32 Å². The molecule has 17 heavy (non-hydrogen) atoms. The van der Waals surface area contributed by atoms with Gasteiger partial charge in [0.1, 0.15) is 6.10 Å². The normalized spacial score (nSPS) is 19.9. The Kier molecular flexibility index (Phi) is 3.58. The molecular formula is C12H16N2O3. The number of nitro groups is 1. The molecule has 0 amide bonds. The van der Waals surface area contributed by atoms with Crippen LogP contribution < -0.4 is 10.1 Å². The summed E-state index contributed by atoms with van der Waals surface area (Å²) in [7, 11) is 0. The minimum atomic E-state index is -0.390. The molecule has 0 bridgehead atoms. The second-order valence-corrected chi connectivity index (χ2v) is 4.31. The maximum atomic E-state index is 10.9. The van der Waals surface area contributed by atoms with Crippen LogP contribution in [0.5, 0.6) is 5.75 Å². The lowest BCUT2D eigenvalue weighted by Crippen LogP contribution is -2.37. The predicted octanol–water partition coefficient (Wildman–Crippen LogP) is 2.03. The number of nitro benzene ring substituents is 1. The fourth-order valence-electron chi connectivity index (χ4n) is 1.97. The molecule has 1 aromatic rings. The number of nitrogens with zero attached hydrogens (tertiary/aromatic N) is 1. The summed E-state index contributed by atoms with van der Waals surface area (Å²) in [5, 5.41) is 14.1. The number of aryl methyl sites for hydroxylation is 1. The Morgan fingerprint density at radius 3 is 3.00 bits per heavy atom. The van der Waals surface area contributed by atoms with E-state index in [4.69, 9.17) is 4.74 Å². The smallest absolute Gasteiger partial charge is 0.311 e. The molecule has 92 valence electrons. The maximum absolute atomic E-state index is 10.9. The lowest BCUT2D eigenvalue weighted by Gasteiger charge is -2.23. The van der Waals surface area contributed by atoms with Crippen molar-refractivity contribution in [2.45, 2.75) is 25.9 Å². The van der Waals surface area contributed by atoms with Crippen molar-refractivity contribution < 1.29 is 9.66 Å². The van der Waals surface area contributed by atoms with Gasteiger partial charge in [-0.15, -0.1) is 0 Å². The topological polar surface area (TPSA) is 64.4 Å². The lowest BCUT2D eigenvalue weighted by atomic mass is 10.1. The first-order chi connectivity index (χ1) is 8.16. The summed E-state index contributed by atoms with van der Waals surface area (Å²) >= 11 is 0. The van der Waals surface area contributed by atoms with Crippen molar-refractivity contribution in [3.63, 3.8) is 0 Å². The molecule has 2 rings (SSSR count). The van der Waals surface area contributed by atoms with Crippen LogP contribution in [0, 0.1) is 17.0 Å². The van der Waals surface area contributed by atoms with Crippen LogP contribution >= 0.6 is 0 Å². The van der Waals surface area contributed by atoms with E-state index in [0.717, 1.165) is 31.5 Å². The van der Waals surface area contributed by atoms with Crippen LogP contribution in [0.3, 0.4) is 0 Å². The largest absolute Gasteiger partial charge is 0.482 e. The molecule has 1 fully saturated rings. The number of rotatable bonds is 3. The SMILES string of the molecule is Cc1ccc(O[C@H]2CCCNC2)c([N+](=O)[O-])c1. The maximum Gasteiger partial charge on any atom is 0.311 e. The zero-order chi connectivity index (χ0) is 12.3. The van der Waals surface area contributed by atoms with E-state index < -0.39 is 4.92 Å². The fraction of sp³-hybridized carbons (Fsp3) is 0.500. The molecule has 1 aromatic carbocycles. The summed E-state index contributed by atoms with van der Waals surface area (Å²) in [5.74, 6) is 0.370. The van der Waals surface area contributed by atoms with Crippen LogP contribution in [0.25, 0.3) is 0 Å². The third-order valence-corrected chi connectivity index (χ3v) is 2.86. The minimum absolute atomic E-state index is 0.0326. The second-order valence-electron chi connectivity index (χ2n) is 4.31. The van der Waals surface area contributed by atoms with Crippen LogP contribution in [0.4, 0.5) is 5.69 Å².